The van der Waals surface area contributed by atoms with E-state index in [1.165, 1.54) is 12.1 Å². The minimum Gasteiger partial charge on any atom is -0.477 e. The summed E-state index contributed by atoms with van der Waals surface area (Å²) in [4.78, 5) is 23.9. The van der Waals surface area contributed by atoms with E-state index in [2.05, 4.69) is 0 Å². The minimum atomic E-state index is -1.66. The highest BCUT2D eigenvalue weighted by molar-refractivity contribution is 6.42. The van der Waals surface area contributed by atoms with E-state index in [1.807, 2.05) is 0 Å². The normalized spacial score (nSPS) is 11.1. The first kappa shape index (κ1) is 19.4. The molecule has 8 heteroatoms. The topological polar surface area (TPSA) is 79.5 Å². The molecule has 2 aromatic carbocycles. The zero-order valence-electron chi connectivity index (χ0n) is 13.9. The second-order valence-corrected chi connectivity index (χ2v) is 6.70. The maximum Gasteiger partial charge on any atom is 0.344 e. The molecule has 0 saturated heterocycles. The van der Waals surface area contributed by atoms with Gasteiger partial charge in [-0.1, -0.05) is 41.4 Å². The molecule has 0 spiro atoms. The standard InChI is InChI=1S/C19H14Cl2FNO4/c20-13-3-1-2-11(16(13)21)8-10-4-5-14-12(9-10)17(25)15(19(26)27)18(22)23(14)6-7-24/h1-5,9,24H,6-8H2,(H,26,27). The highest BCUT2D eigenvalue weighted by Crippen LogP contribution is 2.28. The summed E-state index contributed by atoms with van der Waals surface area (Å²) in [6, 6.07) is 9.91. The number of aromatic carboxylic acids is 1. The molecule has 140 valence electrons. The fourth-order valence-electron chi connectivity index (χ4n) is 2.99. The predicted octanol–water partition coefficient (Wildman–Crippen LogP) is 3.73. The number of aromatic nitrogens is 1. The summed E-state index contributed by atoms with van der Waals surface area (Å²) in [7, 11) is 0. The monoisotopic (exact) mass is 409 g/mol. The van der Waals surface area contributed by atoms with Crippen LogP contribution in [-0.4, -0.2) is 27.4 Å². The molecule has 0 aliphatic rings. The van der Waals surface area contributed by atoms with Crippen molar-refractivity contribution < 1.29 is 19.4 Å². The second-order valence-electron chi connectivity index (χ2n) is 5.92. The molecule has 3 aromatic rings. The van der Waals surface area contributed by atoms with Crippen molar-refractivity contribution in [1.29, 1.82) is 0 Å². The van der Waals surface area contributed by atoms with Crippen molar-refractivity contribution in [1.82, 2.24) is 4.57 Å². The molecule has 0 fully saturated rings. The van der Waals surface area contributed by atoms with Crippen LogP contribution < -0.4 is 5.43 Å². The second kappa shape index (κ2) is 7.68. The van der Waals surface area contributed by atoms with Crippen LogP contribution in [0, 0.1) is 5.95 Å². The molecule has 0 bridgehead atoms. The molecule has 0 amide bonds. The summed E-state index contributed by atoms with van der Waals surface area (Å²) in [6.45, 7) is -0.587. The Bertz CT molecular complexity index is 1110. The quantitative estimate of drug-likeness (QED) is 0.629. The Hall–Kier alpha value is -2.41. The molecule has 1 aromatic heterocycles. The lowest BCUT2D eigenvalue weighted by molar-refractivity contribution is 0.0688. The van der Waals surface area contributed by atoms with Crippen molar-refractivity contribution in [2.45, 2.75) is 13.0 Å². The van der Waals surface area contributed by atoms with Gasteiger partial charge in [-0.2, -0.15) is 4.39 Å². The van der Waals surface area contributed by atoms with Gasteiger partial charge < -0.3 is 14.8 Å². The van der Waals surface area contributed by atoms with Crippen molar-refractivity contribution in [2.75, 3.05) is 6.61 Å². The number of hydrogen-bond donors (Lipinski definition) is 2. The van der Waals surface area contributed by atoms with Gasteiger partial charge in [0.15, 0.2) is 5.56 Å². The van der Waals surface area contributed by atoms with Crippen molar-refractivity contribution in [2.24, 2.45) is 0 Å². The van der Waals surface area contributed by atoms with Crippen LogP contribution in [0.1, 0.15) is 21.5 Å². The number of fused-ring (bicyclic) bond motifs is 1. The first-order valence-corrected chi connectivity index (χ1v) is 8.72. The first-order valence-electron chi connectivity index (χ1n) is 7.97. The summed E-state index contributed by atoms with van der Waals surface area (Å²) in [5.41, 5.74) is -0.239. The Morgan fingerprint density at radius 2 is 1.93 bits per heavy atom. The van der Waals surface area contributed by atoms with Crippen LogP contribution in [0.15, 0.2) is 41.2 Å². The number of benzene rings is 2. The number of aliphatic hydroxyl groups is 1. The Morgan fingerprint density at radius 1 is 1.19 bits per heavy atom. The Labute approximate surface area is 163 Å². The summed E-state index contributed by atoms with van der Waals surface area (Å²) in [5.74, 6) is -2.84. The summed E-state index contributed by atoms with van der Waals surface area (Å²) in [5, 5.41) is 19.2. The smallest absolute Gasteiger partial charge is 0.344 e. The van der Waals surface area contributed by atoms with E-state index in [4.69, 9.17) is 28.3 Å². The molecular formula is C19H14Cl2FNO4. The maximum atomic E-state index is 14.5. The van der Waals surface area contributed by atoms with Gasteiger partial charge in [-0.05, 0) is 35.7 Å². The molecule has 3 rings (SSSR count). The SMILES string of the molecule is O=C(O)c1c(F)n(CCO)c2ccc(Cc3cccc(Cl)c3Cl)cc2c1=O. The Morgan fingerprint density at radius 3 is 2.59 bits per heavy atom. The van der Waals surface area contributed by atoms with Gasteiger partial charge in [-0.3, -0.25) is 4.79 Å². The zero-order valence-corrected chi connectivity index (χ0v) is 15.4. The predicted molar refractivity (Wildman–Crippen MR) is 101 cm³/mol. The third kappa shape index (κ3) is 3.56. The summed E-state index contributed by atoms with van der Waals surface area (Å²) in [6.07, 6.45) is 0.356. The minimum absolute atomic E-state index is 0.0536. The fraction of sp³-hybridized carbons (Fsp3) is 0.158. The lowest BCUT2D eigenvalue weighted by Crippen LogP contribution is -2.24. The molecule has 0 saturated carbocycles. The number of aliphatic hydroxyl groups excluding tert-OH is 1. The van der Waals surface area contributed by atoms with E-state index in [0.29, 0.717) is 22.0 Å². The average molecular weight is 410 g/mol. The van der Waals surface area contributed by atoms with Crippen molar-refractivity contribution in [3.63, 3.8) is 0 Å². The van der Waals surface area contributed by atoms with Gasteiger partial charge in [0.25, 0.3) is 0 Å². The summed E-state index contributed by atoms with van der Waals surface area (Å²) < 4.78 is 15.5. The largest absolute Gasteiger partial charge is 0.477 e. The lowest BCUT2D eigenvalue weighted by Gasteiger charge is -2.14. The van der Waals surface area contributed by atoms with Crippen molar-refractivity contribution in [3.8, 4) is 0 Å². The highest BCUT2D eigenvalue weighted by atomic mass is 35.5. The van der Waals surface area contributed by atoms with Crippen LogP contribution >= 0.6 is 23.2 Å². The van der Waals surface area contributed by atoms with Crippen LogP contribution in [-0.2, 0) is 13.0 Å². The molecule has 0 radical (unpaired) electrons. The number of hydrogen-bond acceptors (Lipinski definition) is 3. The van der Waals surface area contributed by atoms with Gasteiger partial charge in [0.1, 0.15) is 0 Å². The third-order valence-corrected chi connectivity index (χ3v) is 5.09. The van der Waals surface area contributed by atoms with Gasteiger partial charge in [0.2, 0.25) is 11.4 Å². The van der Waals surface area contributed by atoms with Crippen molar-refractivity contribution in [3.05, 3.63) is 79.3 Å². The molecule has 0 unspecified atom stereocenters. The van der Waals surface area contributed by atoms with Gasteiger partial charge in [0.05, 0.1) is 22.2 Å². The van der Waals surface area contributed by atoms with Gasteiger partial charge >= 0.3 is 5.97 Å². The van der Waals surface area contributed by atoms with Gasteiger partial charge in [-0.15, -0.1) is 0 Å². The number of nitrogens with zero attached hydrogens (tertiary/aromatic N) is 1. The van der Waals surface area contributed by atoms with E-state index in [9.17, 15) is 19.1 Å². The third-order valence-electron chi connectivity index (χ3n) is 4.23. The first-order chi connectivity index (χ1) is 12.8. The molecule has 1 heterocycles. The molecule has 27 heavy (non-hydrogen) atoms. The van der Waals surface area contributed by atoms with Crippen LogP contribution in [0.4, 0.5) is 4.39 Å². The van der Waals surface area contributed by atoms with Gasteiger partial charge in [0, 0.05) is 11.9 Å². The highest BCUT2D eigenvalue weighted by Gasteiger charge is 2.22. The van der Waals surface area contributed by atoms with Crippen LogP contribution in [0.2, 0.25) is 10.0 Å². The van der Waals surface area contributed by atoms with Crippen LogP contribution in [0.3, 0.4) is 0 Å². The molecular weight excluding hydrogens is 396 g/mol. The van der Waals surface area contributed by atoms with Gasteiger partial charge in [-0.25, -0.2) is 4.79 Å². The number of carboxylic acid groups (broad SMARTS) is 1. The van der Waals surface area contributed by atoms with E-state index in [-0.39, 0.29) is 17.4 Å². The Balaban J connectivity index is 2.21. The van der Waals surface area contributed by atoms with E-state index < -0.39 is 29.5 Å². The zero-order chi connectivity index (χ0) is 19.7. The molecule has 5 nitrogen and oxygen atoms in total. The molecule has 0 aliphatic heterocycles. The fourth-order valence-corrected chi connectivity index (χ4v) is 3.38. The van der Waals surface area contributed by atoms with E-state index in [1.54, 1.807) is 24.3 Å². The number of carbonyl (C=O) groups is 1. The van der Waals surface area contributed by atoms with Crippen molar-refractivity contribution >= 4 is 40.1 Å². The average Bonchev–Trinajstić information content (AvgIpc) is 2.62. The number of halogens is 3. The van der Waals surface area contributed by atoms with E-state index >= 15 is 0 Å². The number of pyridine rings is 1. The number of rotatable bonds is 5. The number of carboxylic acids is 1. The summed E-state index contributed by atoms with van der Waals surface area (Å²) >= 11 is 12.2. The molecule has 0 atom stereocenters. The lowest BCUT2D eigenvalue weighted by atomic mass is 10.0. The molecule has 0 aliphatic carbocycles. The Kier molecular flexibility index (Phi) is 5.51. The van der Waals surface area contributed by atoms with Crippen LogP contribution in [0.5, 0.6) is 0 Å². The van der Waals surface area contributed by atoms with Crippen LogP contribution in [0.25, 0.3) is 10.9 Å². The molecule has 2 N–H and O–H groups in total. The van der Waals surface area contributed by atoms with E-state index in [0.717, 1.165) is 10.1 Å². The maximum absolute atomic E-state index is 14.5.